The Hall–Kier alpha value is -1.22. The molecule has 1 heterocycles. The lowest BCUT2D eigenvalue weighted by Gasteiger charge is -2.29. The number of nitro benzene ring substituents is 1. The summed E-state index contributed by atoms with van der Waals surface area (Å²) in [5.41, 5.74) is 5.34. The van der Waals surface area contributed by atoms with Gasteiger partial charge >= 0.3 is 0 Å². The van der Waals surface area contributed by atoms with Crippen LogP contribution in [0.5, 0.6) is 0 Å². The Morgan fingerprint density at radius 1 is 1.45 bits per heavy atom. The van der Waals surface area contributed by atoms with E-state index in [2.05, 4.69) is 0 Å². The Kier molecular flexibility index (Phi) is 4.28. The fourth-order valence-corrected chi connectivity index (χ4v) is 3.88. The van der Waals surface area contributed by atoms with E-state index in [0.29, 0.717) is 13.0 Å². The van der Waals surface area contributed by atoms with Crippen molar-refractivity contribution in [3.63, 3.8) is 0 Å². The molecule has 1 aliphatic heterocycles. The van der Waals surface area contributed by atoms with Gasteiger partial charge in [0.25, 0.3) is 5.69 Å². The Bertz CT molecular complexity index is 635. The average molecular weight is 320 g/mol. The van der Waals surface area contributed by atoms with E-state index in [9.17, 15) is 18.5 Å². The average Bonchev–Trinajstić information content (AvgIpc) is 2.38. The topological polar surface area (TPSA) is 107 Å². The molecule has 9 heteroatoms. The first-order valence-corrected chi connectivity index (χ1v) is 7.84. The first-order valence-electron chi connectivity index (χ1n) is 6.02. The second-order valence-electron chi connectivity index (χ2n) is 4.64. The maximum Gasteiger partial charge on any atom is 0.289 e. The van der Waals surface area contributed by atoms with Crippen LogP contribution in [-0.2, 0) is 10.0 Å². The number of sulfonamides is 1. The molecule has 0 aliphatic carbocycles. The molecular formula is C11H14ClN3O4S. The van der Waals surface area contributed by atoms with Crippen molar-refractivity contribution in [3.05, 3.63) is 33.3 Å². The van der Waals surface area contributed by atoms with E-state index in [4.69, 9.17) is 17.3 Å². The predicted octanol–water partition coefficient (Wildman–Crippen LogP) is 1.36. The van der Waals surface area contributed by atoms with E-state index in [0.717, 1.165) is 12.5 Å². The van der Waals surface area contributed by atoms with Crippen LogP contribution in [0.3, 0.4) is 0 Å². The van der Waals surface area contributed by atoms with Crippen LogP contribution in [0.25, 0.3) is 0 Å². The molecule has 0 saturated carbocycles. The van der Waals surface area contributed by atoms with Gasteiger partial charge in [-0.25, -0.2) is 8.42 Å². The summed E-state index contributed by atoms with van der Waals surface area (Å²) in [5.74, 6) is 0. The molecule has 1 unspecified atom stereocenters. The molecule has 1 atom stereocenters. The van der Waals surface area contributed by atoms with Gasteiger partial charge in [0.15, 0.2) is 0 Å². The van der Waals surface area contributed by atoms with Gasteiger partial charge in [0.2, 0.25) is 10.0 Å². The molecule has 7 nitrogen and oxygen atoms in total. The third-order valence-corrected chi connectivity index (χ3v) is 5.35. The monoisotopic (exact) mass is 319 g/mol. The lowest BCUT2D eigenvalue weighted by molar-refractivity contribution is -0.384. The minimum absolute atomic E-state index is 0.0932. The standard InChI is InChI=1S/C11H14ClN3O4S/c12-10-4-3-9(6-11(10)15(16)17)20(18,19)14-5-1-2-8(13)7-14/h3-4,6,8H,1-2,5,7,13H2. The summed E-state index contributed by atoms with van der Waals surface area (Å²) in [6.45, 7) is 0.589. The molecule has 2 rings (SSSR count). The summed E-state index contributed by atoms with van der Waals surface area (Å²) in [4.78, 5) is 9.98. The Balaban J connectivity index is 2.39. The van der Waals surface area contributed by atoms with Crippen LogP contribution in [0.15, 0.2) is 23.1 Å². The van der Waals surface area contributed by atoms with Crippen molar-refractivity contribution in [3.8, 4) is 0 Å². The van der Waals surface area contributed by atoms with Crippen molar-refractivity contribution >= 4 is 27.3 Å². The number of hydrogen-bond donors (Lipinski definition) is 1. The number of benzene rings is 1. The smallest absolute Gasteiger partial charge is 0.289 e. The summed E-state index contributed by atoms with van der Waals surface area (Å²) in [6.07, 6.45) is 1.45. The zero-order valence-electron chi connectivity index (χ0n) is 10.5. The van der Waals surface area contributed by atoms with Gasteiger partial charge in [0.1, 0.15) is 5.02 Å². The number of halogens is 1. The van der Waals surface area contributed by atoms with Crippen molar-refractivity contribution < 1.29 is 13.3 Å². The molecule has 20 heavy (non-hydrogen) atoms. The lowest BCUT2D eigenvalue weighted by Crippen LogP contribution is -2.45. The summed E-state index contributed by atoms with van der Waals surface area (Å²) < 4.78 is 26.1. The molecule has 1 aliphatic rings. The minimum Gasteiger partial charge on any atom is -0.327 e. The van der Waals surface area contributed by atoms with E-state index in [1.807, 2.05) is 0 Å². The Morgan fingerprint density at radius 2 is 2.15 bits per heavy atom. The summed E-state index contributed by atoms with van der Waals surface area (Å²) in [6, 6.07) is 3.26. The van der Waals surface area contributed by atoms with Crippen molar-refractivity contribution in [2.75, 3.05) is 13.1 Å². The molecule has 1 fully saturated rings. The van der Waals surface area contributed by atoms with Gasteiger partial charge in [-0.3, -0.25) is 10.1 Å². The van der Waals surface area contributed by atoms with E-state index < -0.39 is 20.6 Å². The zero-order valence-corrected chi connectivity index (χ0v) is 12.1. The molecule has 1 aromatic carbocycles. The molecular weight excluding hydrogens is 306 g/mol. The molecule has 1 aromatic rings. The summed E-state index contributed by atoms with van der Waals surface area (Å²) >= 11 is 5.68. The second kappa shape index (κ2) is 5.65. The molecule has 0 radical (unpaired) electrons. The van der Waals surface area contributed by atoms with E-state index in [1.165, 1.54) is 16.4 Å². The molecule has 0 amide bonds. The third-order valence-electron chi connectivity index (χ3n) is 3.17. The number of nitro groups is 1. The highest BCUT2D eigenvalue weighted by atomic mass is 35.5. The normalized spacial score (nSPS) is 20.8. The van der Waals surface area contributed by atoms with Gasteiger partial charge in [0, 0.05) is 25.2 Å². The highest BCUT2D eigenvalue weighted by Crippen LogP contribution is 2.29. The van der Waals surface area contributed by atoms with Gasteiger partial charge in [-0.1, -0.05) is 11.6 Å². The minimum atomic E-state index is -3.78. The van der Waals surface area contributed by atoms with Crippen LogP contribution in [0, 0.1) is 10.1 Å². The zero-order chi connectivity index (χ0) is 14.9. The number of nitrogens with two attached hydrogens (primary N) is 1. The van der Waals surface area contributed by atoms with Crippen LogP contribution < -0.4 is 5.73 Å². The van der Waals surface area contributed by atoms with Gasteiger partial charge in [-0.15, -0.1) is 0 Å². The van der Waals surface area contributed by atoms with E-state index >= 15 is 0 Å². The van der Waals surface area contributed by atoms with Crippen LogP contribution in [0.4, 0.5) is 5.69 Å². The fourth-order valence-electron chi connectivity index (χ4n) is 2.13. The molecule has 0 bridgehead atoms. The quantitative estimate of drug-likeness (QED) is 0.668. The van der Waals surface area contributed by atoms with Gasteiger partial charge in [-0.05, 0) is 25.0 Å². The molecule has 1 saturated heterocycles. The Labute approximate surface area is 121 Å². The SMILES string of the molecule is NC1CCCN(S(=O)(=O)c2ccc(Cl)c([N+](=O)[O-])c2)C1. The molecule has 110 valence electrons. The van der Waals surface area contributed by atoms with E-state index in [-0.39, 0.29) is 22.5 Å². The third kappa shape index (κ3) is 2.93. The predicted molar refractivity (Wildman–Crippen MR) is 74.1 cm³/mol. The van der Waals surface area contributed by atoms with Crippen LogP contribution in [0.1, 0.15) is 12.8 Å². The summed E-state index contributed by atoms with van der Waals surface area (Å²) in [7, 11) is -3.78. The van der Waals surface area contributed by atoms with Gasteiger partial charge < -0.3 is 5.73 Å². The molecule has 0 spiro atoms. The van der Waals surface area contributed by atoms with Crippen molar-refractivity contribution in [2.24, 2.45) is 5.73 Å². The molecule has 0 aromatic heterocycles. The number of nitrogens with zero attached hydrogens (tertiary/aromatic N) is 2. The van der Waals surface area contributed by atoms with Crippen molar-refractivity contribution in [2.45, 2.75) is 23.8 Å². The highest BCUT2D eigenvalue weighted by Gasteiger charge is 2.30. The first-order chi connectivity index (χ1) is 9.32. The fraction of sp³-hybridized carbons (Fsp3) is 0.455. The number of rotatable bonds is 3. The largest absolute Gasteiger partial charge is 0.327 e. The van der Waals surface area contributed by atoms with Gasteiger partial charge in [-0.2, -0.15) is 4.31 Å². The number of piperidine rings is 1. The maximum atomic E-state index is 12.4. The maximum absolute atomic E-state index is 12.4. The second-order valence-corrected chi connectivity index (χ2v) is 6.98. The van der Waals surface area contributed by atoms with Crippen LogP contribution in [-0.4, -0.2) is 36.8 Å². The van der Waals surface area contributed by atoms with Crippen LogP contribution >= 0.6 is 11.6 Å². The highest BCUT2D eigenvalue weighted by molar-refractivity contribution is 7.89. The van der Waals surface area contributed by atoms with E-state index in [1.54, 1.807) is 0 Å². The van der Waals surface area contributed by atoms with Gasteiger partial charge in [0.05, 0.1) is 9.82 Å². The Morgan fingerprint density at radius 3 is 2.75 bits per heavy atom. The summed E-state index contributed by atoms with van der Waals surface area (Å²) in [5, 5.41) is 10.7. The van der Waals surface area contributed by atoms with Crippen molar-refractivity contribution in [1.29, 1.82) is 0 Å². The lowest BCUT2D eigenvalue weighted by atomic mass is 10.1. The van der Waals surface area contributed by atoms with Crippen LogP contribution in [0.2, 0.25) is 5.02 Å². The first kappa shape index (κ1) is 15.2. The molecule has 2 N–H and O–H groups in total. The van der Waals surface area contributed by atoms with Crippen molar-refractivity contribution in [1.82, 2.24) is 4.31 Å². The number of hydrogen-bond acceptors (Lipinski definition) is 5.